The first-order chi connectivity index (χ1) is 8.83. The molecule has 0 saturated carbocycles. The minimum absolute atomic E-state index is 0.620. The highest BCUT2D eigenvalue weighted by atomic mass is 16.5. The van der Waals surface area contributed by atoms with Gasteiger partial charge in [0.1, 0.15) is 5.75 Å². The van der Waals surface area contributed by atoms with Crippen LogP contribution in [0.5, 0.6) is 5.75 Å². The van der Waals surface area contributed by atoms with Gasteiger partial charge in [0, 0.05) is 31.4 Å². The molecule has 3 nitrogen and oxygen atoms in total. The summed E-state index contributed by atoms with van der Waals surface area (Å²) in [5.41, 5.74) is 1.30. The van der Waals surface area contributed by atoms with Crippen molar-refractivity contribution < 1.29 is 4.74 Å². The molecule has 1 atom stereocenters. The van der Waals surface area contributed by atoms with Gasteiger partial charge in [0.05, 0.1) is 6.61 Å². The Hall–Kier alpha value is -1.22. The molecule has 1 unspecified atom stereocenters. The maximum Gasteiger partial charge on any atom is 0.119 e. The fourth-order valence-corrected chi connectivity index (χ4v) is 2.31. The van der Waals surface area contributed by atoms with Crippen molar-refractivity contribution in [3.8, 4) is 5.75 Å². The van der Waals surface area contributed by atoms with Gasteiger partial charge < -0.3 is 15.0 Å². The predicted molar refractivity (Wildman–Crippen MR) is 76.5 cm³/mol. The van der Waals surface area contributed by atoms with Crippen LogP contribution in [0.2, 0.25) is 0 Å². The van der Waals surface area contributed by atoms with Crippen molar-refractivity contribution in [3.05, 3.63) is 24.3 Å². The summed E-state index contributed by atoms with van der Waals surface area (Å²) in [6.45, 7) is 8.43. The number of hydrogen-bond acceptors (Lipinski definition) is 3. The quantitative estimate of drug-likeness (QED) is 0.867. The highest BCUT2D eigenvalue weighted by Gasteiger charge is 2.17. The van der Waals surface area contributed by atoms with E-state index in [0.29, 0.717) is 6.04 Å². The SMILES string of the molecule is CCCOc1ccc(N2CCNC(CC)C2)cc1. The van der Waals surface area contributed by atoms with Crippen molar-refractivity contribution in [2.75, 3.05) is 31.1 Å². The van der Waals surface area contributed by atoms with Crippen LogP contribution in [0.4, 0.5) is 5.69 Å². The Bertz CT molecular complexity index is 350. The summed E-state index contributed by atoms with van der Waals surface area (Å²) < 4.78 is 5.61. The third-order valence-electron chi connectivity index (χ3n) is 3.42. The third kappa shape index (κ3) is 3.39. The second-order valence-electron chi connectivity index (χ2n) is 4.85. The van der Waals surface area contributed by atoms with Crippen molar-refractivity contribution >= 4 is 5.69 Å². The van der Waals surface area contributed by atoms with E-state index in [1.54, 1.807) is 0 Å². The van der Waals surface area contributed by atoms with E-state index in [1.807, 2.05) is 0 Å². The Morgan fingerprint density at radius 3 is 2.72 bits per heavy atom. The number of nitrogens with one attached hydrogen (secondary N) is 1. The minimum Gasteiger partial charge on any atom is -0.494 e. The topological polar surface area (TPSA) is 24.5 Å². The van der Waals surface area contributed by atoms with Gasteiger partial charge in [-0.15, -0.1) is 0 Å². The van der Waals surface area contributed by atoms with Crippen LogP contribution in [0.25, 0.3) is 0 Å². The van der Waals surface area contributed by atoms with Crippen molar-refractivity contribution in [2.45, 2.75) is 32.7 Å². The van der Waals surface area contributed by atoms with E-state index >= 15 is 0 Å². The number of hydrogen-bond donors (Lipinski definition) is 1. The smallest absolute Gasteiger partial charge is 0.119 e. The summed E-state index contributed by atoms with van der Waals surface area (Å²) in [4.78, 5) is 2.45. The van der Waals surface area contributed by atoms with Gasteiger partial charge in [-0.1, -0.05) is 13.8 Å². The lowest BCUT2D eigenvalue weighted by Gasteiger charge is -2.35. The molecule has 1 aliphatic heterocycles. The Balaban J connectivity index is 1.96. The van der Waals surface area contributed by atoms with Crippen LogP contribution in [-0.2, 0) is 0 Å². The summed E-state index contributed by atoms with van der Waals surface area (Å²) in [6.07, 6.45) is 2.24. The molecule has 1 aromatic rings. The van der Waals surface area contributed by atoms with Crippen molar-refractivity contribution in [3.63, 3.8) is 0 Å². The van der Waals surface area contributed by atoms with E-state index in [9.17, 15) is 0 Å². The second kappa shape index (κ2) is 6.64. The van der Waals surface area contributed by atoms with Gasteiger partial charge in [-0.05, 0) is 37.1 Å². The van der Waals surface area contributed by atoms with E-state index in [-0.39, 0.29) is 0 Å². The largest absolute Gasteiger partial charge is 0.494 e. The minimum atomic E-state index is 0.620. The van der Waals surface area contributed by atoms with Crippen LogP contribution in [0, 0.1) is 0 Å². The van der Waals surface area contributed by atoms with Gasteiger partial charge in [-0.2, -0.15) is 0 Å². The van der Waals surface area contributed by atoms with E-state index in [1.165, 1.54) is 12.1 Å². The second-order valence-corrected chi connectivity index (χ2v) is 4.85. The van der Waals surface area contributed by atoms with Gasteiger partial charge in [0.2, 0.25) is 0 Å². The summed E-state index contributed by atoms with van der Waals surface area (Å²) in [5.74, 6) is 0.975. The predicted octanol–water partition coefficient (Wildman–Crippen LogP) is 2.66. The molecule has 0 amide bonds. The molecule has 1 aromatic carbocycles. The lowest BCUT2D eigenvalue weighted by Crippen LogP contribution is -2.50. The highest BCUT2D eigenvalue weighted by Crippen LogP contribution is 2.21. The maximum absolute atomic E-state index is 5.61. The van der Waals surface area contributed by atoms with Crippen LogP contribution in [0.1, 0.15) is 26.7 Å². The van der Waals surface area contributed by atoms with Crippen molar-refractivity contribution in [1.29, 1.82) is 0 Å². The summed E-state index contributed by atoms with van der Waals surface area (Å²) in [7, 11) is 0. The van der Waals surface area contributed by atoms with E-state index in [2.05, 4.69) is 48.3 Å². The normalized spacial score (nSPS) is 19.9. The average molecular weight is 248 g/mol. The Morgan fingerprint density at radius 1 is 1.28 bits per heavy atom. The lowest BCUT2D eigenvalue weighted by molar-refractivity contribution is 0.317. The molecular weight excluding hydrogens is 224 g/mol. The fourth-order valence-electron chi connectivity index (χ4n) is 2.31. The summed E-state index contributed by atoms with van der Waals surface area (Å²) in [6, 6.07) is 9.11. The molecular formula is C15H24N2O. The zero-order valence-corrected chi connectivity index (χ0v) is 11.5. The first kappa shape index (κ1) is 13.2. The molecule has 1 aliphatic rings. The number of benzene rings is 1. The fraction of sp³-hybridized carbons (Fsp3) is 0.600. The summed E-state index contributed by atoms with van der Waals surface area (Å²) in [5, 5.41) is 3.54. The van der Waals surface area contributed by atoms with Crippen LogP contribution < -0.4 is 15.0 Å². The standard InChI is InChI=1S/C15H24N2O/c1-3-11-18-15-7-5-14(6-8-15)17-10-9-16-13(4-2)12-17/h5-8,13,16H,3-4,9-12H2,1-2H3. The molecule has 0 radical (unpaired) electrons. The zero-order chi connectivity index (χ0) is 12.8. The Morgan fingerprint density at radius 2 is 2.06 bits per heavy atom. The van der Waals surface area contributed by atoms with Crippen molar-refractivity contribution in [2.24, 2.45) is 0 Å². The van der Waals surface area contributed by atoms with E-state index in [0.717, 1.165) is 38.4 Å². The van der Waals surface area contributed by atoms with Crippen LogP contribution in [0.15, 0.2) is 24.3 Å². The van der Waals surface area contributed by atoms with Gasteiger partial charge in [-0.25, -0.2) is 0 Å². The molecule has 1 saturated heterocycles. The number of ether oxygens (including phenoxy) is 1. The highest BCUT2D eigenvalue weighted by molar-refractivity contribution is 5.49. The average Bonchev–Trinajstić information content (AvgIpc) is 2.46. The number of rotatable bonds is 5. The molecule has 3 heteroatoms. The first-order valence-corrected chi connectivity index (χ1v) is 7.04. The molecule has 100 valence electrons. The summed E-state index contributed by atoms with van der Waals surface area (Å²) >= 11 is 0. The van der Waals surface area contributed by atoms with Gasteiger partial charge in [0.25, 0.3) is 0 Å². The van der Waals surface area contributed by atoms with E-state index in [4.69, 9.17) is 4.74 Å². The molecule has 0 aliphatic carbocycles. The number of nitrogens with zero attached hydrogens (tertiary/aromatic N) is 1. The van der Waals surface area contributed by atoms with Crippen molar-refractivity contribution in [1.82, 2.24) is 5.32 Å². The van der Waals surface area contributed by atoms with Gasteiger partial charge in [0.15, 0.2) is 0 Å². The molecule has 0 aromatic heterocycles. The Labute approximate surface area is 110 Å². The molecule has 0 spiro atoms. The van der Waals surface area contributed by atoms with Gasteiger partial charge in [-0.3, -0.25) is 0 Å². The molecule has 1 N–H and O–H groups in total. The Kier molecular flexibility index (Phi) is 4.88. The van der Waals surface area contributed by atoms with Crippen LogP contribution >= 0.6 is 0 Å². The zero-order valence-electron chi connectivity index (χ0n) is 11.5. The molecule has 0 bridgehead atoms. The first-order valence-electron chi connectivity index (χ1n) is 7.04. The molecule has 18 heavy (non-hydrogen) atoms. The van der Waals surface area contributed by atoms with Crippen LogP contribution in [0.3, 0.4) is 0 Å². The lowest BCUT2D eigenvalue weighted by atomic mass is 10.1. The molecule has 2 rings (SSSR count). The maximum atomic E-state index is 5.61. The monoisotopic (exact) mass is 248 g/mol. The third-order valence-corrected chi connectivity index (χ3v) is 3.42. The number of piperazine rings is 1. The molecule has 1 fully saturated rings. The van der Waals surface area contributed by atoms with Crippen LogP contribution in [-0.4, -0.2) is 32.3 Å². The van der Waals surface area contributed by atoms with Gasteiger partial charge >= 0.3 is 0 Å². The molecule has 1 heterocycles. The van der Waals surface area contributed by atoms with E-state index < -0.39 is 0 Å². The number of anilines is 1.